The molecule has 9 nitrogen and oxygen atoms in total. The summed E-state index contributed by atoms with van der Waals surface area (Å²) in [6, 6.07) is 1.94. The van der Waals surface area contributed by atoms with Gasteiger partial charge in [0, 0.05) is 44.4 Å². The van der Waals surface area contributed by atoms with Crippen LogP contribution in [0, 0.1) is 0 Å². The number of anilines is 1. The highest BCUT2D eigenvalue weighted by Crippen LogP contribution is 2.31. The van der Waals surface area contributed by atoms with Gasteiger partial charge in [0.25, 0.3) is 0 Å². The molecule has 1 aliphatic rings. The number of allylic oxidation sites excluding steroid dienone is 5. The highest BCUT2D eigenvalue weighted by Gasteiger charge is 2.19. The van der Waals surface area contributed by atoms with Gasteiger partial charge in [-0.25, -0.2) is 0 Å². The lowest BCUT2D eigenvalue weighted by molar-refractivity contribution is 0.217. The molecule has 1 aliphatic carbocycles. The molecule has 0 fully saturated rings. The van der Waals surface area contributed by atoms with E-state index in [9.17, 15) is 0 Å². The molecule has 0 spiro atoms. The molecule has 0 atom stereocenters. The fraction of sp³-hybridized carbons (Fsp3) is 0.381. The van der Waals surface area contributed by atoms with Crippen molar-refractivity contribution in [3.8, 4) is 0 Å². The van der Waals surface area contributed by atoms with Gasteiger partial charge in [0.05, 0.1) is 31.1 Å². The minimum atomic E-state index is 0.487. The lowest BCUT2D eigenvalue weighted by Gasteiger charge is -2.16. The zero-order valence-corrected chi connectivity index (χ0v) is 17.6. The van der Waals surface area contributed by atoms with Gasteiger partial charge in [-0.3, -0.25) is 15.1 Å². The number of methoxy groups -OCH3 is 1. The molecule has 0 aliphatic heterocycles. The molecule has 162 valence electrons. The first kappa shape index (κ1) is 23.1. The van der Waals surface area contributed by atoms with Gasteiger partial charge in [0.1, 0.15) is 11.6 Å². The zero-order valence-electron chi connectivity index (χ0n) is 17.6. The Kier molecular flexibility index (Phi) is 10.1. The number of aromatic amines is 1. The predicted octanol–water partition coefficient (Wildman–Crippen LogP) is 2.00. The first-order chi connectivity index (χ1) is 14.7. The van der Waals surface area contributed by atoms with Crippen molar-refractivity contribution in [3.05, 3.63) is 53.2 Å². The number of aromatic nitrogens is 2. The molecule has 1 aromatic heterocycles. The second-order valence-corrected chi connectivity index (χ2v) is 6.40. The van der Waals surface area contributed by atoms with Crippen LogP contribution in [0.1, 0.15) is 18.5 Å². The number of aliphatic imine (C=N–C) groups is 2. The fourth-order valence-electron chi connectivity index (χ4n) is 2.83. The van der Waals surface area contributed by atoms with E-state index < -0.39 is 0 Å². The van der Waals surface area contributed by atoms with Gasteiger partial charge >= 0.3 is 0 Å². The molecule has 0 saturated carbocycles. The van der Waals surface area contributed by atoms with Gasteiger partial charge < -0.3 is 26.3 Å². The molecule has 2 rings (SSSR count). The van der Waals surface area contributed by atoms with Crippen LogP contribution in [0.2, 0.25) is 0 Å². The quantitative estimate of drug-likeness (QED) is 0.306. The smallest absolute Gasteiger partial charge is 0.148 e. The van der Waals surface area contributed by atoms with E-state index in [1.807, 2.05) is 18.2 Å². The molecular formula is C21H31N7O2. The van der Waals surface area contributed by atoms with E-state index in [1.54, 1.807) is 26.6 Å². The molecule has 6 N–H and O–H groups in total. The molecule has 1 aromatic rings. The summed E-state index contributed by atoms with van der Waals surface area (Å²) in [6.45, 7) is 2.12. The van der Waals surface area contributed by atoms with Crippen LogP contribution >= 0.6 is 0 Å². The van der Waals surface area contributed by atoms with Gasteiger partial charge in [-0.05, 0) is 31.0 Å². The van der Waals surface area contributed by atoms with E-state index >= 15 is 0 Å². The second kappa shape index (κ2) is 13.1. The Morgan fingerprint density at radius 3 is 3.03 bits per heavy atom. The van der Waals surface area contributed by atoms with Crippen LogP contribution in [0.15, 0.2) is 57.5 Å². The Labute approximate surface area is 177 Å². The third-order valence-electron chi connectivity index (χ3n) is 4.17. The van der Waals surface area contributed by atoms with Crippen LogP contribution in [0.3, 0.4) is 0 Å². The number of H-pyrrole nitrogens is 1. The SMILES string of the molecule is CN=CC(=CN)N=CCNc1cc(C2=C(COC)CC=CC=C2OCCCN)[nH]n1. The van der Waals surface area contributed by atoms with Crippen LogP contribution in [-0.2, 0) is 9.47 Å². The summed E-state index contributed by atoms with van der Waals surface area (Å²) in [5, 5.41) is 10.7. The lowest BCUT2D eigenvalue weighted by atomic mass is 10.0. The van der Waals surface area contributed by atoms with Crippen molar-refractivity contribution in [2.45, 2.75) is 12.8 Å². The molecule has 0 aromatic carbocycles. The van der Waals surface area contributed by atoms with E-state index in [0.29, 0.717) is 37.8 Å². The fourth-order valence-corrected chi connectivity index (χ4v) is 2.83. The Morgan fingerprint density at radius 2 is 2.30 bits per heavy atom. The third-order valence-corrected chi connectivity index (χ3v) is 4.17. The Hall–Kier alpha value is -3.17. The summed E-state index contributed by atoms with van der Waals surface area (Å²) in [4.78, 5) is 8.13. The van der Waals surface area contributed by atoms with Crippen LogP contribution in [0.4, 0.5) is 5.82 Å². The molecule has 9 heteroatoms. The molecular weight excluding hydrogens is 382 g/mol. The third kappa shape index (κ3) is 7.02. The van der Waals surface area contributed by atoms with Gasteiger partial charge in [0.2, 0.25) is 0 Å². The lowest BCUT2D eigenvalue weighted by Crippen LogP contribution is -2.07. The maximum absolute atomic E-state index is 6.01. The van der Waals surface area contributed by atoms with E-state index in [4.69, 9.17) is 20.9 Å². The van der Waals surface area contributed by atoms with Crippen molar-refractivity contribution >= 4 is 23.8 Å². The van der Waals surface area contributed by atoms with Crippen molar-refractivity contribution in [2.24, 2.45) is 21.5 Å². The number of nitrogens with one attached hydrogen (secondary N) is 2. The molecule has 30 heavy (non-hydrogen) atoms. The monoisotopic (exact) mass is 413 g/mol. The normalized spacial score (nSPS) is 15.2. The van der Waals surface area contributed by atoms with Crippen molar-refractivity contribution < 1.29 is 9.47 Å². The first-order valence-corrected chi connectivity index (χ1v) is 9.80. The minimum Gasteiger partial charge on any atom is -0.493 e. The van der Waals surface area contributed by atoms with Crippen molar-refractivity contribution in [1.29, 1.82) is 0 Å². The summed E-state index contributed by atoms with van der Waals surface area (Å²) in [5.74, 6) is 1.47. The largest absolute Gasteiger partial charge is 0.493 e. The van der Waals surface area contributed by atoms with E-state index in [-0.39, 0.29) is 0 Å². The molecule has 0 radical (unpaired) electrons. The predicted molar refractivity (Wildman–Crippen MR) is 123 cm³/mol. The molecule has 0 unspecified atom stereocenters. The van der Waals surface area contributed by atoms with Crippen molar-refractivity contribution in [1.82, 2.24) is 10.2 Å². The van der Waals surface area contributed by atoms with E-state index in [1.165, 1.54) is 6.20 Å². The van der Waals surface area contributed by atoms with Gasteiger partial charge in [0.15, 0.2) is 0 Å². The molecule has 0 saturated heterocycles. The number of ether oxygens (including phenoxy) is 2. The Bertz CT molecular complexity index is 847. The maximum Gasteiger partial charge on any atom is 0.148 e. The number of rotatable bonds is 12. The van der Waals surface area contributed by atoms with Crippen LogP contribution in [-0.4, -0.2) is 63.1 Å². The van der Waals surface area contributed by atoms with Crippen molar-refractivity contribution in [2.75, 3.05) is 45.8 Å². The van der Waals surface area contributed by atoms with Crippen LogP contribution in [0.5, 0.6) is 0 Å². The number of hydrogen-bond acceptors (Lipinski definition) is 8. The molecule has 1 heterocycles. The van der Waals surface area contributed by atoms with E-state index in [2.05, 4.69) is 31.6 Å². The number of nitrogens with two attached hydrogens (primary N) is 2. The van der Waals surface area contributed by atoms with Gasteiger partial charge in [-0.1, -0.05) is 12.2 Å². The van der Waals surface area contributed by atoms with Crippen molar-refractivity contribution in [3.63, 3.8) is 0 Å². The summed E-state index contributed by atoms with van der Waals surface area (Å²) >= 11 is 0. The standard InChI is InChI=1S/C21H31N7O2/c1-24-14-17(13-23)25-9-10-26-20-12-18(27-28-20)21-16(15-29-2)6-3-4-7-19(21)30-11-5-8-22/h3-4,7,9,12-14H,5-6,8,10-11,15,22-23H2,1-2H3,(H2,26,27,28). The van der Waals surface area contributed by atoms with Gasteiger partial charge in [-0.2, -0.15) is 5.10 Å². The average molecular weight is 414 g/mol. The maximum atomic E-state index is 6.01. The van der Waals surface area contributed by atoms with Crippen LogP contribution in [0.25, 0.3) is 5.57 Å². The Morgan fingerprint density at radius 1 is 1.43 bits per heavy atom. The summed E-state index contributed by atoms with van der Waals surface area (Å²) in [7, 11) is 3.35. The highest BCUT2D eigenvalue weighted by molar-refractivity contribution is 5.82. The summed E-state index contributed by atoms with van der Waals surface area (Å²) in [5.41, 5.74) is 14.6. The zero-order chi connectivity index (χ0) is 21.6. The second-order valence-electron chi connectivity index (χ2n) is 6.40. The number of nitrogens with zero attached hydrogens (tertiary/aromatic N) is 3. The van der Waals surface area contributed by atoms with E-state index in [0.717, 1.165) is 35.4 Å². The first-order valence-electron chi connectivity index (χ1n) is 9.80. The Balaban J connectivity index is 2.16. The topological polar surface area (TPSA) is 136 Å². The molecule has 0 bridgehead atoms. The van der Waals surface area contributed by atoms with Gasteiger partial charge in [-0.15, -0.1) is 0 Å². The summed E-state index contributed by atoms with van der Waals surface area (Å²) in [6.07, 6.45) is 12.3. The van der Waals surface area contributed by atoms with Crippen LogP contribution < -0.4 is 16.8 Å². The minimum absolute atomic E-state index is 0.487. The number of hydrogen-bond donors (Lipinski definition) is 4. The highest BCUT2D eigenvalue weighted by atomic mass is 16.5. The summed E-state index contributed by atoms with van der Waals surface area (Å²) < 4.78 is 11.4. The molecule has 0 amide bonds. The average Bonchev–Trinajstić information content (AvgIpc) is 3.12.